The number of aromatic nitrogens is 4. The number of imidazole rings is 1. The first kappa shape index (κ1) is 19.5. The Bertz CT molecular complexity index is 1090. The Morgan fingerprint density at radius 3 is 2.43 bits per heavy atom. The molecule has 4 rings (SSSR count). The third-order valence-electron chi connectivity index (χ3n) is 4.65. The van der Waals surface area contributed by atoms with Crippen LogP contribution < -0.4 is 0 Å². The van der Waals surface area contributed by atoms with E-state index in [-0.39, 0.29) is 12.4 Å². The Hall–Kier alpha value is -3.25. The molecule has 28 heavy (non-hydrogen) atoms. The van der Waals surface area contributed by atoms with E-state index >= 15 is 0 Å². The molecule has 2 heterocycles. The van der Waals surface area contributed by atoms with Gasteiger partial charge >= 0.3 is 5.97 Å². The SMILES string of the molecule is CC(C(=O)O)c1ccc(-c2ncnc3c2ncn3Cc2ccccc2)cc1.Cl. The second kappa shape index (κ2) is 8.19. The smallest absolute Gasteiger partial charge is 0.310 e. The van der Waals surface area contributed by atoms with Crippen LogP contribution in [0.25, 0.3) is 22.4 Å². The number of hydrogen-bond acceptors (Lipinski definition) is 4. The van der Waals surface area contributed by atoms with Gasteiger partial charge in [-0.1, -0.05) is 54.6 Å². The van der Waals surface area contributed by atoms with Gasteiger partial charge in [0.1, 0.15) is 17.5 Å². The first-order valence-corrected chi connectivity index (χ1v) is 8.66. The number of carbonyl (C=O) groups is 1. The van der Waals surface area contributed by atoms with Crippen LogP contribution in [-0.4, -0.2) is 30.6 Å². The summed E-state index contributed by atoms with van der Waals surface area (Å²) in [6.45, 7) is 2.36. The van der Waals surface area contributed by atoms with E-state index < -0.39 is 11.9 Å². The molecule has 0 fully saturated rings. The van der Waals surface area contributed by atoms with Crippen LogP contribution in [0.1, 0.15) is 24.0 Å². The lowest BCUT2D eigenvalue weighted by molar-refractivity contribution is -0.138. The summed E-state index contributed by atoms with van der Waals surface area (Å²) < 4.78 is 2.00. The maximum Gasteiger partial charge on any atom is 0.310 e. The molecule has 0 saturated carbocycles. The number of halogens is 1. The van der Waals surface area contributed by atoms with Gasteiger partial charge in [0, 0.05) is 5.56 Å². The van der Waals surface area contributed by atoms with Crippen LogP contribution in [0, 0.1) is 0 Å². The minimum absolute atomic E-state index is 0. The van der Waals surface area contributed by atoms with Gasteiger partial charge < -0.3 is 9.67 Å². The van der Waals surface area contributed by atoms with Crippen molar-refractivity contribution in [3.05, 3.63) is 78.4 Å². The van der Waals surface area contributed by atoms with E-state index in [1.165, 1.54) is 11.9 Å². The normalized spacial score (nSPS) is 11.8. The lowest BCUT2D eigenvalue weighted by atomic mass is 9.99. The third-order valence-corrected chi connectivity index (χ3v) is 4.65. The summed E-state index contributed by atoms with van der Waals surface area (Å²) in [4.78, 5) is 24.5. The lowest BCUT2D eigenvalue weighted by Crippen LogP contribution is -2.07. The van der Waals surface area contributed by atoms with Crippen LogP contribution in [0.15, 0.2) is 67.3 Å². The number of nitrogens with zero attached hydrogens (tertiary/aromatic N) is 4. The first-order valence-electron chi connectivity index (χ1n) is 8.66. The van der Waals surface area contributed by atoms with Gasteiger partial charge in [-0.3, -0.25) is 4.79 Å². The van der Waals surface area contributed by atoms with Gasteiger partial charge in [0.15, 0.2) is 5.65 Å². The van der Waals surface area contributed by atoms with Crippen molar-refractivity contribution in [1.29, 1.82) is 0 Å². The summed E-state index contributed by atoms with van der Waals surface area (Å²) in [7, 11) is 0. The largest absolute Gasteiger partial charge is 0.481 e. The minimum Gasteiger partial charge on any atom is -0.481 e. The number of aliphatic carboxylic acids is 1. The Kier molecular flexibility index (Phi) is 5.70. The van der Waals surface area contributed by atoms with E-state index in [1.807, 2.05) is 47.0 Å². The Labute approximate surface area is 168 Å². The molecule has 0 saturated heterocycles. The molecule has 4 aromatic rings. The minimum atomic E-state index is -0.841. The Balaban J connectivity index is 0.00000225. The van der Waals surface area contributed by atoms with Crippen LogP contribution in [0.4, 0.5) is 0 Å². The number of fused-ring (bicyclic) bond motifs is 1. The fraction of sp³-hybridized carbons (Fsp3) is 0.143. The predicted octanol–water partition coefficient (Wildman–Crippen LogP) is 4.15. The summed E-state index contributed by atoms with van der Waals surface area (Å²) in [6, 6.07) is 17.5. The summed E-state index contributed by atoms with van der Waals surface area (Å²) in [5.41, 5.74) is 5.05. The van der Waals surface area contributed by atoms with E-state index in [0.717, 1.165) is 28.0 Å². The maximum atomic E-state index is 11.1. The van der Waals surface area contributed by atoms with Gasteiger partial charge in [-0.05, 0) is 18.1 Å². The van der Waals surface area contributed by atoms with Gasteiger partial charge in [-0.15, -0.1) is 12.4 Å². The molecule has 1 N–H and O–H groups in total. The summed E-state index contributed by atoms with van der Waals surface area (Å²) in [6.07, 6.45) is 3.31. The molecule has 2 aromatic heterocycles. The van der Waals surface area contributed by atoms with Crippen molar-refractivity contribution in [2.24, 2.45) is 0 Å². The molecule has 0 aliphatic carbocycles. The van der Waals surface area contributed by atoms with Gasteiger partial charge in [-0.25, -0.2) is 15.0 Å². The molecular formula is C21H19ClN4O2. The predicted molar refractivity (Wildman–Crippen MR) is 110 cm³/mol. The molecule has 2 aromatic carbocycles. The van der Waals surface area contributed by atoms with Crippen molar-refractivity contribution in [1.82, 2.24) is 19.5 Å². The van der Waals surface area contributed by atoms with Crippen molar-refractivity contribution in [2.45, 2.75) is 19.4 Å². The molecule has 0 aliphatic rings. The zero-order valence-corrected chi connectivity index (χ0v) is 16.0. The van der Waals surface area contributed by atoms with Crippen molar-refractivity contribution in [3.8, 4) is 11.3 Å². The molecule has 1 atom stereocenters. The van der Waals surface area contributed by atoms with Gasteiger partial charge in [0.25, 0.3) is 0 Å². The molecule has 6 nitrogen and oxygen atoms in total. The molecule has 0 bridgehead atoms. The zero-order chi connectivity index (χ0) is 18.8. The van der Waals surface area contributed by atoms with Crippen molar-refractivity contribution >= 4 is 29.5 Å². The maximum absolute atomic E-state index is 11.1. The highest BCUT2D eigenvalue weighted by Crippen LogP contribution is 2.26. The highest BCUT2D eigenvalue weighted by molar-refractivity contribution is 5.87. The molecule has 7 heteroatoms. The topological polar surface area (TPSA) is 80.9 Å². The lowest BCUT2D eigenvalue weighted by Gasteiger charge is -2.08. The summed E-state index contributed by atoms with van der Waals surface area (Å²) in [5.74, 6) is -1.39. The average molecular weight is 395 g/mol. The van der Waals surface area contributed by atoms with Crippen LogP contribution in [0.5, 0.6) is 0 Å². The van der Waals surface area contributed by atoms with Crippen molar-refractivity contribution in [3.63, 3.8) is 0 Å². The van der Waals surface area contributed by atoms with Crippen molar-refractivity contribution < 1.29 is 9.90 Å². The molecule has 0 spiro atoms. The molecule has 0 amide bonds. The monoisotopic (exact) mass is 394 g/mol. The van der Waals surface area contributed by atoms with E-state index in [0.29, 0.717) is 6.54 Å². The molecule has 1 unspecified atom stereocenters. The standard InChI is InChI=1S/C21H18N4O2.ClH/c1-14(21(26)27)16-7-9-17(10-8-16)18-19-20(23-12-22-18)25(13-24-19)11-15-5-3-2-4-6-15;/h2-10,12-14H,11H2,1H3,(H,26,27);1H. The second-order valence-corrected chi connectivity index (χ2v) is 6.43. The number of carboxylic acid groups (broad SMARTS) is 1. The fourth-order valence-corrected chi connectivity index (χ4v) is 3.06. The molecule has 0 radical (unpaired) electrons. The van der Waals surface area contributed by atoms with Gasteiger partial charge in [0.2, 0.25) is 0 Å². The highest BCUT2D eigenvalue weighted by Gasteiger charge is 2.15. The van der Waals surface area contributed by atoms with Crippen molar-refractivity contribution in [2.75, 3.05) is 0 Å². The number of carboxylic acids is 1. The summed E-state index contributed by atoms with van der Waals surface area (Å²) in [5, 5.41) is 9.15. The third kappa shape index (κ3) is 3.73. The quantitative estimate of drug-likeness (QED) is 0.550. The van der Waals surface area contributed by atoms with E-state index in [1.54, 1.807) is 13.3 Å². The van der Waals surface area contributed by atoms with Gasteiger partial charge in [0.05, 0.1) is 18.8 Å². The van der Waals surface area contributed by atoms with E-state index in [9.17, 15) is 4.79 Å². The van der Waals surface area contributed by atoms with Crippen LogP contribution in [0.3, 0.4) is 0 Å². The Morgan fingerprint density at radius 1 is 1.04 bits per heavy atom. The van der Waals surface area contributed by atoms with E-state index in [4.69, 9.17) is 5.11 Å². The average Bonchev–Trinajstić information content (AvgIpc) is 3.11. The van der Waals surface area contributed by atoms with Crippen LogP contribution >= 0.6 is 12.4 Å². The molecular weight excluding hydrogens is 376 g/mol. The van der Waals surface area contributed by atoms with Gasteiger partial charge in [-0.2, -0.15) is 0 Å². The fourth-order valence-electron chi connectivity index (χ4n) is 3.06. The van der Waals surface area contributed by atoms with Crippen LogP contribution in [-0.2, 0) is 11.3 Å². The highest BCUT2D eigenvalue weighted by atomic mass is 35.5. The number of hydrogen-bond donors (Lipinski definition) is 1. The second-order valence-electron chi connectivity index (χ2n) is 6.43. The zero-order valence-electron chi connectivity index (χ0n) is 15.2. The van der Waals surface area contributed by atoms with E-state index in [2.05, 4.69) is 27.1 Å². The summed E-state index contributed by atoms with van der Waals surface area (Å²) >= 11 is 0. The number of rotatable bonds is 5. The molecule has 142 valence electrons. The Morgan fingerprint density at radius 2 is 1.75 bits per heavy atom. The number of benzene rings is 2. The molecule has 0 aliphatic heterocycles. The van der Waals surface area contributed by atoms with Crippen LogP contribution in [0.2, 0.25) is 0 Å². The first-order chi connectivity index (χ1) is 13.1.